The van der Waals surface area contributed by atoms with Crippen LogP contribution >= 0.6 is 0 Å². The molecular formula is C26H32N2O3. The van der Waals surface area contributed by atoms with Crippen molar-refractivity contribution in [2.24, 2.45) is 5.92 Å². The SMILES string of the molecule is COc1cccc(CN2CCC3(CC2)CN(C(=O)C2CCC2)c2ccc(OC)cc23)c1. The standard InChI is InChI=1S/C26H32N2O3/c1-30-21-8-3-5-19(15-21)17-27-13-11-26(12-14-27)18-28(25(29)20-6-4-7-20)24-10-9-22(31-2)16-23(24)26/h3,5,8-10,15-16,20H,4,6-7,11-14,17-18H2,1-2H3. The van der Waals surface area contributed by atoms with E-state index in [2.05, 4.69) is 40.1 Å². The summed E-state index contributed by atoms with van der Waals surface area (Å²) >= 11 is 0. The maximum atomic E-state index is 13.2. The van der Waals surface area contributed by atoms with Crippen LogP contribution in [0.4, 0.5) is 5.69 Å². The fourth-order valence-corrected chi connectivity index (χ4v) is 5.44. The number of hydrogen-bond donors (Lipinski definition) is 0. The van der Waals surface area contributed by atoms with Gasteiger partial charge in [-0.2, -0.15) is 0 Å². The molecule has 3 aliphatic rings. The smallest absolute Gasteiger partial charge is 0.230 e. The second-order valence-electron chi connectivity index (χ2n) is 9.34. The van der Waals surface area contributed by atoms with Gasteiger partial charge in [-0.25, -0.2) is 0 Å². The lowest BCUT2D eigenvalue weighted by molar-refractivity contribution is -0.124. The van der Waals surface area contributed by atoms with Gasteiger partial charge in [0.2, 0.25) is 5.91 Å². The van der Waals surface area contributed by atoms with Gasteiger partial charge in [-0.1, -0.05) is 18.6 Å². The molecule has 1 saturated carbocycles. The van der Waals surface area contributed by atoms with Crippen molar-refractivity contribution < 1.29 is 14.3 Å². The molecular weight excluding hydrogens is 388 g/mol. The molecule has 0 bridgehead atoms. The van der Waals surface area contributed by atoms with Crippen molar-refractivity contribution in [1.82, 2.24) is 4.90 Å². The van der Waals surface area contributed by atoms with E-state index in [4.69, 9.17) is 9.47 Å². The summed E-state index contributed by atoms with van der Waals surface area (Å²) in [5, 5.41) is 0. The van der Waals surface area contributed by atoms with Crippen molar-refractivity contribution in [2.75, 3.05) is 38.8 Å². The van der Waals surface area contributed by atoms with Crippen LogP contribution in [0.2, 0.25) is 0 Å². The number of rotatable bonds is 5. The third-order valence-electron chi connectivity index (χ3n) is 7.60. The van der Waals surface area contributed by atoms with Gasteiger partial charge in [-0.15, -0.1) is 0 Å². The molecule has 0 N–H and O–H groups in total. The molecule has 164 valence electrons. The Morgan fingerprint density at radius 2 is 1.77 bits per heavy atom. The third kappa shape index (κ3) is 3.69. The molecule has 0 atom stereocenters. The van der Waals surface area contributed by atoms with Crippen LogP contribution < -0.4 is 14.4 Å². The highest BCUT2D eigenvalue weighted by atomic mass is 16.5. The van der Waals surface area contributed by atoms with Gasteiger partial charge >= 0.3 is 0 Å². The van der Waals surface area contributed by atoms with Crippen molar-refractivity contribution in [2.45, 2.75) is 44.1 Å². The Balaban J connectivity index is 1.35. The monoisotopic (exact) mass is 420 g/mol. The molecule has 0 aromatic heterocycles. The van der Waals surface area contributed by atoms with Crippen molar-refractivity contribution in [3.05, 3.63) is 53.6 Å². The van der Waals surface area contributed by atoms with Gasteiger partial charge in [0, 0.05) is 30.1 Å². The Morgan fingerprint density at radius 1 is 1.03 bits per heavy atom. The van der Waals surface area contributed by atoms with Crippen LogP contribution in [0.15, 0.2) is 42.5 Å². The number of piperidine rings is 1. The van der Waals surface area contributed by atoms with E-state index in [1.165, 1.54) is 17.5 Å². The first-order valence-corrected chi connectivity index (χ1v) is 11.5. The van der Waals surface area contributed by atoms with Gasteiger partial charge in [-0.3, -0.25) is 9.69 Å². The number of benzene rings is 2. The first-order chi connectivity index (χ1) is 15.1. The lowest BCUT2D eigenvalue weighted by Crippen LogP contribution is -2.47. The van der Waals surface area contributed by atoms with E-state index in [0.29, 0.717) is 5.91 Å². The van der Waals surface area contributed by atoms with Crippen molar-refractivity contribution in [3.8, 4) is 11.5 Å². The van der Waals surface area contributed by atoms with Crippen molar-refractivity contribution in [1.29, 1.82) is 0 Å². The molecule has 5 rings (SSSR count). The molecule has 2 aromatic carbocycles. The van der Waals surface area contributed by atoms with Crippen molar-refractivity contribution in [3.63, 3.8) is 0 Å². The lowest BCUT2D eigenvalue weighted by Gasteiger charge is -2.40. The predicted molar refractivity (Wildman–Crippen MR) is 122 cm³/mol. The van der Waals surface area contributed by atoms with E-state index in [9.17, 15) is 4.79 Å². The Labute approximate surface area is 184 Å². The number of methoxy groups -OCH3 is 2. The fraction of sp³-hybridized carbons (Fsp3) is 0.500. The molecule has 2 aliphatic heterocycles. The van der Waals surface area contributed by atoms with Gasteiger partial charge in [0.25, 0.3) is 0 Å². The zero-order chi connectivity index (χ0) is 21.4. The van der Waals surface area contributed by atoms with Crippen LogP contribution in [0.5, 0.6) is 11.5 Å². The highest BCUT2D eigenvalue weighted by Crippen LogP contribution is 2.49. The largest absolute Gasteiger partial charge is 0.497 e. The fourth-order valence-electron chi connectivity index (χ4n) is 5.44. The van der Waals surface area contributed by atoms with E-state index in [1.54, 1.807) is 14.2 Å². The van der Waals surface area contributed by atoms with Crippen LogP contribution in [0.3, 0.4) is 0 Å². The lowest BCUT2D eigenvalue weighted by atomic mass is 9.74. The van der Waals surface area contributed by atoms with E-state index in [1.807, 2.05) is 12.1 Å². The van der Waals surface area contributed by atoms with Gasteiger partial charge in [-0.05, 0) is 80.2 Å². The summed E-state index contributed by atoms with van der Waals surface area (Å²) in [5.41, 5.74) is 3.74. The topological polar surface area (TPSA) is 42.0 Å². The number of fused-ring (bicyclic) bond motifs is 2. The molecule has 1 amide bonds. The average molecular weight is 421 g/mol. The summed E-state index contributed by atoms with van der Waals surface area (Å²) in [5.74, 6) is 2.34. The first kappa shape index (κ1) is 20.4. The average Bonchev–Trinajstić information content (AvgIpc) is 3.08. The Hall–Kier alpha value is -2.53. The molecule has 1 saturated heterocycles. The minimum absolute atomic E-state index is 0.0359. The van der Waals surface area contributed by atoms with Gasteiger partial charge in [0.15, 0.2) is 0 Å². The Kier molecular flexibility index (Phi) is 5.39. The number of anilines is 1. The molecule has 31 heavy (non-hydrogen) atoms. The number of nitrogens with zero attached hydrogens (tertiary/aromatic N) is 2. The molecule has 0 radical (unpaired) electrons. The summed E-state index contributed by atoms with van der Waals surface area (Å²) in [6.45, 7) is 3.80. The van der Waals surface area contributed by atoms with Crippen LogP contribution in [0.1, 0.15) is 43.2 Å². The minimum Gasteiger partial charge on any atom is -0.497 e. The maximum Gasteiger partial charge on any atom is 0.230 e. The number of carbonyl (C=O) groups is 1. The second-order valence-corrected chi connectivity index (χ2v) is 9.34. The van der Waals surface area contributed by atoms with Crippen LogP contribution in [0.25, 0.3) is 0 Å². The zero-order valence-electron chi connectivity index (χ0n) is 18.6. The minimum atomic E-state index is 0.0359. The molecule has 2 heterocycles. The van der Waals surface area contributed by atoms with Gasteiger partial charge in [0.05, 0.1) is 14.2 Å². The molecule has 2 aromatic rings. The molecule has 5 heteroatoms. The number of hydrogen-bond acceptors (Lipinski definition) is 4. The first-order valence-electron chi connectivity index (χ1n) is 11.5. The zero-order valence-corrected chi connectivity index (χ0v) is 18.6. The van der Waals surface area contributed by atoms with E-state index in [0.717, 1.165) is 69.0 Å². The number of carbonyl (C=O) groups excluding carboxylic acids is 1. The van der Waals surface area contributed by atoms with Crippen LogP contribution in [0, 0.1) is 5.92 Å². The number of likely N-dealkylation sites (tertiary alicyclic amines) is 1. The normalized spacial score (nSPS) is 20.4. The Bertz CT molecular complexity index is 961. The van der Waals surface area contributed by atoms with E-state index < -0.39 is 0 Å². The maximum absolute atomic E-state index is 13.2. The van der Waals surface area contributed by atoms with Crippen LogP contribution in [-0.2, 0) is 16.8 Å². The second kappa shape index (κ2) is 8.19. The summed E-state index contributed by atoms with van der Waals surface area (Å²) in [7, 11) is 3.43. The van der Waals surface area contributed by atoms with Gasteiger partial charge < -0.3 is 14.4 Å². The van der Waals surface area contributed by atoms with Crippen LogP contribution in [-0.4, -0.2) is 44.7 Å². The van der Waals surface area contributed by atoms with Gasteiger partial charge in [0.1, 0.15) is 11.5 Å². The Morgan fingerprint density at radius 3 is 2.45 bits per heavy atom. The highest BCUT2D eigenvalue weighted by molar-refractivity contribution is 5.98. The molecule has 2 fully saturated rings. The summed E-state index contributed by atoms with van der Waals surface area (Å²) in [6, 6.07) is 14.6. The number of ether oxygens (including phenoxy) is 2. The summed E-state index contributed by atoms with van der Waals surface area (Å²) in [4.78, 5) is 17.8. The summed E-state index contributed by atoms with van der Waals surface area (Å²) in [6.07, 6.45) is 5.39. The molecule has 1 spiro atoms. The predicted octanol–water partition coefficient (Wildman–Crippen LogP) is 4.38. The van der Waals surface area contributed by atoms with Crippen molar-refractivity contribution >= 4 is 11.6 Å². The quantitative estimate of drug-likeness (QED) is 0.720. The molecule has 5 nitrogen and oxygen atoms in total. The molecule has 0 unspecified atom stereocenters. The molecule has 1 aliphatic carbocycles. The third-order valence-corrected chi connectivity index (χ3v) is 7.60. The van der Waals surface area contributed by atoms with E-state index >= 15 is 0 Å². The highest BCUT2D eigenvalue weighted by Gasteiger charge is 2.47. The van der Waals surface area contributed by atoms with E-state index in [-0.39, 0.29) is 11.3 Å². The summed E-state index contributed by atoms with van der Waals surface area (Å²) < 4.78 is 10.9. The number of amides is 1.